The predicted molar refractivity (Wildman–Crippen MR) is 87.1 cm³/mol. The number of halogens is 2. The van der Waals surface area contributed by atoms with Crippen LogP contribution in [-0.2, 0) is 10.0 Å². The fraction of sp³-hybridized carbons (Fsp3) is 0.176. The maximum atomic E-state index is 13.7. The summed E-state index contributed by atoms with van der Waals surface area (Å²) < 4.78 is 52.6. The molecule has 1 aliphatic heterocycles. The second-order valence-corrected chi connectivity index (χ2v) is 7.91. The summed E-state index contributed by atoms with van der Waals surface area (Å²) in [5.74, 6) is -3.12. The number of benzene rings is 2. The second kappa shape index (κ2) is 5.60. The van der Waals surface area contributed by atoms with Crippen LogP contribution in [-0.4, -0.2) is 30.6 Å². The molecule has 1 fully saturated rings. The highest BCUT2D eigenvalue weighted by molar-refractivity contribution is 7.90. The molecule has 1 aliphatic carbocycles. The number of nitrogens with one attached hydrogen (secondary N) is 1. The van der Waals surface area contributed by atoms with Gasteiger partial charge in [0.05, 0.1) is 11.3 Å². The highest BCUT2D eigenvalue weighted by Crippen LogP contribution is 2.39. The van der Waals surface area contributed by atoms with Crippen molar-refractivity contribution < 1.29 is 26.8 Å². The van der Waals surface area contributed by atoms with Gasteiger partial charge in [0, 0.05) is 17.7 Å². The Hall–Kier alpha value is -2.81. The minimum absolute atomic E-state index is 0.0152. The Bertz CT molecular complexity index is 1060. The van der Waals surface area contributed by atoms with Crippen molar-refractivity contribution in [3.63, 3.8) is 0 Å². The summed E-state index contributed by atoms with van der Waals surface area (Å²) in [6.07, 6.45) is 1.24. The molecule has 6 nitrogen and oxygen atoms in total. The van der Waals surface area contributed by atoms with E-state index >= 15 is 0 Å². The van der Waals surface area contributed by atoms with E-state index < -0.39 is 33.5 Å². The molecule has 1 N–H and O–H groups in total. The SMILES string of the molecule is O=C(Nc1ccc(F)cc1F)c1ccc2c(c1)S(=O)(=O)N(C1CC1)C2=O. The van der Waals surface area contributed by atoms with E-state index in [2.05, 4.69) is 5.32 Å². The molecule has 2 aromatic rings. The Morgan fingerprint density at radius 3 is 2.50 bits per heavy atom. The lowest BCUT2D eigenvalue weighted by Crippen LogP contribution is -2.31. The lowest BCUT2D eigenvalue weighted by atomic mass is 10.1. The first kappa shape index (κ1) is 16.6. The quantitative estimate of drug-likeness (QED) is 0.890. The number of fused-ring (bicyclic) bond motifs is 1. The molecule has 9 heteroatoms. The topological polar surface area (TPSA) is 83.6 Å². The average molecular weight is 378 g/mol. The molecule has 1 saturated carbocycles. The maximum absolute atomic E-state index is 13.7. The fourth-order valence-corrected chi connectivity index (χ4v) is 4.68. The smallest absolute Gasteiger partial charge is 0.269 e. The van der Waals surface area contributed by atoms with Gasteiger partial charge in [-0.1, -0.05) is 0 Å². The first-order valence-electron chi connectivity index (χ1n) is 7.78. The van der Waals surface area contributed by atoms with E-state index in [9.17, 15) is 26.8 Å². The minimum atomic E-state index is -3.99. The van der Waals surface area contributed by atoms with E-state index in [1.807, 2.05) is 0 Å². The van der Waals surface area contributed by atoms with E-state index in [1.54, 1.807) is 0 Å². The summed E-state index contributed by atoms with van der Waals surface area (Å²) in [7, 11) is -3.99. The van der Waals surface area contributed by atoms with E-state index in [0.717, 1.165) is 22.5 Å². The van der Waals surface area contributed by atoms with Gasteiger partial charge in [-0.05, 0) is 43.2 Å². The monoisotopic (exact) mass is 378 g/mol. The number of hydrogen-bond donors (Lipinski definition) is 1. The highest BCUT2D eigenvalue weighted by Gasteiger charge is 2.48. The number of anilines is 1. The molecule has 0 unspecified atom stereocenters. The summed E-state index contributed by atoms with van der Waals surface area (Å²) >= 11 is 0. The van der Waals surface area contributed by atoms with Gasteiger partial charge >= 0.3 is 0 Å². The molecule has 0 aromatic heterocycles. The molecule has 26 heavy (non-hydrogen) atoms. The van der Waals surface area contributed by atoms with Crippen molar-refractivity contribution in [3.8, 4) is 0 Å². The Morgan fingerprint density at radius 2 is 1.85 bits per heavy atom. The van der Waals surface area contributed by atoms with Gasteiger partial charge in [-0.25, -0.2) is 21.5 Å². The first-order chi connectivity index (χ1) is 12.3. The van der Waals surface area contributed by atoms with Gasteiger partial charge in [-0.3, -0.25) is 9.59 Å². The number of amides is 2. The molecule has 4 rings (SSSR count). The lowest BCUT2D eigenvalue weighted by molar-refractivity contribution is 0.0864. The van der Waals surface area contributed by atoms with E-state index in [4.69, 9.17) is 0 Å². The van der Waals surface area contributed by atoms with Crippen molar-refractivity contribution >= 4 is 27.5 Å². The van der Waals surface area contributed by atoms with Crippen LogP contribution in [0.25, 0.3) is 0 Å². The molecule has 0 atom stereocenters. The molecule has 2 aromatic carbocycles. The first-order valence-corrected chi connectivity index (χ1v) is 9.22. The largest absolute Gasteiger partial charge is 0.319 e. The summed E-state index contributed by atoms with van der Waals surface area (Å²) in [4.78, 5) is 24.4. The van der Waals surface area contributed by atoms with Gasteiger partial charge in [0.1, 0.15) is 16.5 Å². The summed E-state index contributed by atoms with van der Waals surface area (Å²) in [5.41, 5.74) is -0.279. The standard InChI is InChI=1S/C17H12F2N2O4S/c18-10-2-6-14(13(19)8-10)20-16(22)9-1-5-12-15(7-9)26(24,25)21(17(12)23)11-3-4-11/h1-2,5-8,11H,3-4H2,(H,20,22). The highest BCUT2D eigenvalue weighted by atomic mass is 32.2. The average Bonchev–Trinajstić information content (AvgIpc) is 3.38. The van der Waals surface area contributed by atoms with Crippen LogP contribution in [0.3, 0.4) is 0 Å². The van der Waals surface area contributed by atoms with Crippen molar-refractivity contribution in [2.45, 2.75) is 23.8 Å². The number of sulfonamides is 1. The van der Waals surface area contributed by atoms with Gasteiger partial charge < -0.3 is 5.32 Å². The van der Waals surface area contributed by atoms with Crippen molar-refractivity contribution in [2.24, 2.45) is 0 Å². The van der Waals surface area contributed by atoms with E-state index in [1.165, 1.54) is 12.1 Å². The molecular weight excluding hydrogens is 366 g/mol. The molecule has 2 aliphatic rings. The second-order valence-electron chi connectivity index (χ2n) is 6.13. The summed E-state index contributed by atoms with van der Waals surface area (Å²) in [5, 5.41) is 2.26. The van der Waals surface area contributed by atoms with Gasteiger partial charge in [0.25, 0.3) is 21.8 Å². The zero-order chi connectivity index (χ0) is 18.6. The molecular formula is C17H12F2N2O4S. The Labute approximate surface area is 147 Å². The molecule has 134 valence electrons. The summed E-state index contributed by atoms with van der Waals surface area (Å²) in [6.45, 7) is 0. The Morgan fingerprint density at radius 1 is 1.12 bits per heavy atom. The van der Waals surface area contributed by atoms with Gasteiger partial charge in [-0.15, -0.1) is 0 Å². The van der Waals surface area contributed by atoms with Crippen LogP contribution < -0.4 is 5.32 Å². The third-order valence-electron chi connectivity index (χ3n) is 4.27. The number of hydrogen-bond acceptors (Lipinski definition) is 4. The number of nitrogens with zero attached hydrogens (tertiary/aromatic N) is 1. The molecule has 0 saturated heterocycles. The van der Waals surface area contributed by atoms with Crippen molar-refractivity contribution in [1.29, 1.82) is 0 Å². The van der Waals surface area contributed by atoms with Crippen LogP contribution in [0.15, 0.2) is 41.3 Å². The number of rotatable bonds is 3. The van der Waals surface area contributed by atoms with Crippen molar-refractivity contribution in [2.75, 3.05) is 5.32 Å². The molecule has 0 spiro atoms. The van der Waals surface area contributed by atoms with E-state index in [0.29, 0.717) is 18.9 Å². The van der Waals surface area contributed by atoms with Crippen LogP contribution in [0.2, 0.25) is 0 Å². The molecule has 1 heterocycles. The Balaban J connectivity index is 1.67. The third-order valence-corrected chi connectivity index (χ3v) is 6.14. The van der Waals surface area contributed by atoms with Gasteiger partial charge in [-0.2, -0.15) is 0 Å². The normalized spacial score (nSPS) is 17.9. The maximum Gasteiger partial charge on any atom is 0.269 e. The van der Waals surface area contributed by atoms with Crippen LogP contribution in [0, 0.1) is 11.6 Å². The number of carbonyl (C=O) groups excluding carboxylic acids is 2. The zero-order valence-corrected chi connectivity index (χ0v) is 14.0. The van der Waals surface area contributed by atoms with Crippen molar-refractivity contribution in [3.05, 3.63) is 59.2 Å². The van der Waals surface area contributed by atoms with Crippen molar-refractivity contribution in [1.82, 2.24) is 4.31 Å². The number of carbonyl (C=O) groups is 2. The van der Waals surface area contributed by atoms with E-state index in [-0.39, 0.29) is 27.8 Å². The van der Waals surface area contributed by atoms with Crippen LogP contribution in [0.5, 0.6) is 0 Å². The fourth-order valence-electron chi connectivity index (χ4n) is 2.84. The molecule has 0 bridgehead atoms. The third kappa shape index (κ3) is 2.55. The minimum Gasteiger partial charge on any atom is -0.319 e. The van der Waals surface area contributed by atoms with Crippen LogP contribution in [0.4, 0.5) is 14.5 Å². The molecule has 2 amide bonds. The Kier molecular flexibility index (Phi) is 3.58. The molecule has 0 radical (unpaired) electrons. The van der Waals surface area contributed by atoms with Gasteiger partial charge in [0.2, 0.25) is 0 Å². The predicted octanol–water partition coefficient (Wildman–Crippen LogP) is 2.52. The lowest BCUT2D eigenvalue weighted by Gasteiger charge is -2.13. The van der Waals surface area contributed by atoms with Gasteiger partial charge in [0.15, 0.2) is 0 Å². The zero-order valence-electron chi connectivity index (χ0n) is 13.2. The van der Waals surface area contributed by atoms with Crippen LogP contribution in [0.1, 0.15) is 33.6 Å². The summed E-state index contributed by atoms with van der Waals surface area (Å²) in [6, 6.07) is 6.00. The van der Waals surface area contributed by atoms with Crippen LogP contribution >= 0.6 is 0 Å².